The summed E-state index contributed by atoms with van der Waals surface area (Å²) < 4.78 is 77.7. The van der Waals surface area contributed by atoms with Crippen LogP contribution in [-0.2, 0) is 12.5 Å². The fourth-order valence-electron chi connectivity index (χ4n) is 4.68. The van der Waals surface area contributed by atoms with Gasteiger partial charge in [0.05, 0.1) is 5.56 Å². The summed E-state index contributed by atoms with van der Waals surface area (Å²) in [4.78, 5) is 0. The van der Waals surface area contributed by atoms with E-state index in [0.717, 1.165) is 36.6 Å². The van der Waals surface area contributed by atoms with Crippen molar-refractivity contribution in [1.82, 2.24) is 0 Å². The molecule has 6 heteroatoms. The molecule has 0 saturated carbocycles. The average Bonchev–Trinajstić information content (AvgIpc) is 2.98. The summed E-state index contributed by atoms with van der Waals surface area (Å²) in [6, 6.07) is 26.4. The molecule has 42 heavy (non-hydrogen) atoms. The van der Waals surface area contributed by atoms with Gasteiger partial charge >= 0.3 is 6.11 Å². The molecule has 0 unspecified atom stereocenters. The Labute approximate surface area is 241 Å². The number of ether oxygens (including phenoxy) is 1. The van der Waals surface area contributed by atoms with Gasteiger partial charge in [-0.05, 0) is 90.0 Å². The Kier molecular flexibility index (Phi) is 8.53. The molecule has 212 valence electrons. The zero-order valence-electron chi connectivity index (χ0n) is 22.8. The molecule has 0 aromatic heterocycles. The molecule has 0 fully saturated rings. The minimum Gasteiger partial charge on any atom is -0.429 e. The molecule has 0 N–H and O–H groups in total. The summed E-state index contributed by atoms with van der Waals surface area (Å²) in [7, 11) is 0. The highest BCUT2D eigenvalue weighted by molar-refractivity contribution is 5.71. The predicted molar refractivity (Wildman–Crippen MR) is 157 cm³/mol. The van der Waals surface area contributed by atoms with Gasteiger partial charge in [0.1, 0.15) is 23.2 Å². The van der Waals surface area contributed by atoms with Crippen LogP contribution in [0.2, 0.25) is 0 Å². The molecule has 0 aliphatic heterocycles. The van der Waals surface area contributed by atoms with E-state index in [-0.39, 0.29) is 16.9 Å². The van der Waals surface area contributed by atoms with Crippen molar-refractivity contribution in [3.8, 4) is 39.1 Å². The number of alkyl halides is 2. The van der Waals surface area contributed by atoms with Crippen molar-refractivity contribution in [1.29, 1.82) is 0 Å². The Morgan fingerprint density at radius 1 is 0.619 bits per heavy atom. The SMILES string of the molecule is CC=CCCc1ccc(-c2ccc(-c3ccc(C(F)(F)Oc4ccc(-c5ccc(F)cc5)c(F)c4)cc3)c(F)c2)cc1. The van der Waals surface area contributed by atoms with E-state index in [0.29, 0.717) is 16.7 Å². The molecule has 5 aromatic carbocycles. The molecule has 0 aliphatic rings. The molecule has 5 aromatic rings. The first-order valence-corrected chi connectivity index (χ1v) is 13.5. The lowest BCUT2D eigenvalue weighted by Crippen LogP contribution is -2.21. The Hall–Kier alpha value is -4.71. The first kappa shape index (κ1) is 28.8. The molecular formula is C36H27F5O. The van der Waals surface area contributed by atoms with Gasteiger partial charge in [0, 0.05) is 17.2 Å². The van der Waals surface area contributed by atoms with Gasteiger partial charge < -0.3 is 4.74 Å². The number of allylic oxidation sites excluding steroid dienone is 2. The molecule has 0 radical (unpaired) electrons. The summed E-state index contributed by atoms with van der Waals surface area (Å²) in [6.07, 6.45) is 2.25. The number of hydrogen-bond donors (Lipinski definition) is 0. The summed E-state index contributed by atoms with van der Waals surface area (Å²) >= 11 is 0. The van der Waals surface area contributed by atoms with Crippen LogP contribution >= 0.6 is 0 Å². The topological polar surface area (TPSA) is 9.23 Å². The number of benzene rings is 5. The maximum absolute atomic E-state index is 15.1. The monoisotopic (exact) mass is 570 g/mol. The maximum atomic E-state index is 15.1. The number of rotatable bonds is 9. The van der Waals surface area contributed by atoms with Crippen LogP contribution in [-0.4, -0.2) is 0 Å². The van der Waals surface area contributed by atoms with Crippen molar-refractivity contribution in [2.24, 2.45) is 0 Å². The van der Waals surface area contributed by atoms with Gasteiger partial charge in [0.15, 0.2) is 0 Å². The van der Waals surface area contributed by atoms with Gasteiger partial charge in [0.2, 0.25) is 0 Å². The highest BCUT2D eigenvalue weighted by Gasteiger charge is 2.34. The van der Waals surface area contributed by atoms with Crippen LogP contribution in [0, 0.1) is 17.5 Å². The van der Waals surface area contributed by atoms with E-state index >= 15 is 4.39 Å². The smallest absolute Gasteiger partial charge is 0.426 e. The van der Waals surface area contributed by atoms with E-state index in [2.05, 4.69) is 6.08 Å². The minimum atomic E-state index is -3.77. The standard InChI is InChI=1S/C36H27F5O/c1-2-3-4-5-24-6-8-25(9-7-24)28-14-20-32(34(38)22-28)26-10-15-29(16-11-26)36(40,41)42-31-19-21-33(35(39)23-31)27-12-17-30(37)18-13-27/h2-3,6-23H,4-5H2,1H3. The minimum absolute atomic E-state index is 0.125. The van der Waals surface area contributed by atoms with Crippen LogP contribution in [0.3, 0.4) is 0 Å². The van der Waals surface area contributed by atoms with E-state index < -0.39 is 29.1 Å². The van der Waals surface area contributed by atoms with Crippen molar-refractivity contribution < 1.29 is 26.7 Å². The molecular weight excluding hydrogens is 543 g/mol. The Bertz CT molecular complexity index is 1690. The third-order valence-corrected chi connectivity index (χ3v) is 6.97. The molecule has 0 atom stereocenters. The second-order valence-corrected chi connectivity index (χ2v) is 9.84. The number of halogens is 5. The van der Waals surface area contributed by atoms with Crippen LogP contribution in [0.15, 0.2) is 121 Å². The zero-order chi connectivity index (χ0) is 29.7. The van der Waals surface area contributed by atoms with Gasteiger partial charge in [-0.3, -0.25) is 0 Å². The van der Waals surface area contributed by atoms with E-state index in [1.54, 1.807) is 12.1 Å². The van der Waals surface area contributed by atoms with Gasteiger partial charge in [-0.1, -0.05) is 72.8 Å². The van der Waals surface area contributed by atoms with E-state index in [1.165, 1.54) is 60.2 Å². The number of aryl methyl sites for hydroxylation is 1. The quantitative estimate of drug-likeness (QED) is 0.127. The van der Waals surface area contributed by atoms with Crippen molar-refractivity contribution in [3.05, 3.63) is 150 Å². The summed E-state index contributed by atoms with van der Waals surface area (Å²) in [6.45, 7) is 1.99. The molecule has 5 rings (SSSR count). The summed E-state index contributed by atoms with van der Waals surface area (Å²) in [5, 5.41) is 0. The van der Waals surface area contributed by atoms with Gasteiger partial charge in [-0.2, -0.15) is 8.78 Å². The lowest BCUT2D eigenvalue weighted by Gasteiger charge is -2.19. The Morgan fingerprint density at radius 2 is 1.17 bits per heavy atom. The van der Waals surface area contributed by atoms with Gasteiger partial charge in [-0.25, -0.2) is 13.2 Å². The molecule has 0 bridgehead atoms. The first-order valence-electron chi connectivity index (χ1n) is 13.5. The fraction of sp³-hybridized carbons (Fsp3) is 0.111. The first-order chi connectivity index (χ1) is 20.2. The summed E-state index contributed by atoms with van der Waals surface area (Å²) in [5.41, 5.74) is 3.54. The van der Waals surface area contributed by atoms with E-state index in [4.69, 9.17) is 4.74 Å². The van der Waals surface area contributed by atoms with Crippen molar-refractivity contribution in [2.45, 2.75) is 25.9 Å². The Morgan fingerprint density at radius 3 is 1.76 bits per heavy atom. The highest BCUT2D eigenvalue weighted by Crippen LogP contribution is 2.36. The molecule has 1 nitrogen and oxygen atoms in total. The second-order valence-electron chi connectivity index (χ2n) is 9.84. The zero-order valence-corrected chi connectivity index (χ0v) is 22.8. The maximum Gasteiger partial charge on any atom is 0.426 e. The van der Waals surface area contributed by atoms with Crippen LogP contribution in [0.5, 0.6) is 5.75 Å². The van der Waals surface area contributed by atoms with Crippen LogP contribution in [0.25, 0.3) is 33.4 Å². The Balaban J connectivity index is 1.29. The molecule has 0 amide bonds. The lowest BCUT2D eigenvalue weighted by molar-refractivity contribution is -0.185. The van der Waals surface area contributed by atoms with Crippen molar-refractivity contribution in [3.63, 3.8) is 0 Å². The van der Waals surface area contributed by atoms with E-state index in [1.807, 2.05) is 37.3 Å². The predicted octanol–water partition coefficient (Wildman–Crippen LogP) is 10.7. The molecule has 0 saturated heterocycles. The normalized spacial score (nSPS) is 11.7. The van der Waals surface area contributed by atoms with Crippen LogP contribution in [0.1, 0.15) is 24.5 Å². The van der Waals surface area contributed by atoms with Gasteiger partial charge in [-0.15, -0.1) is 0 Å². The van der Waals surface area contributed by atoms with E-state index in [9.17, 15) is 17.6 Å². The van der Waals surface area contributed by atoms with Crippen molar-refractivity contribution in [2.75, 3.05) is 0 Å². The summed E-state index contributed by atoms with van der Waals surface area (Å²) in [5.74, 6) is -2.11. The van der Waals surface area contributed by atoms with Crippen LogP contribution in [0.4, 0.5) is 22.0 Å². The third-order valence-electron chi connectivity index (χ3n) is 6.97. The second kappa shape index (κ2) is 12.4. The lowest BCUT2D eigenvalue weighted by atomic mass is 9.97. The average molecular weight is 571 g/mol. The fourth-order valence-corrected chi connectivity index (χ4v) is 4.68. The largest absolute Gasteiger partial charge is 0.429 e. The highest BCUT2D eigenvalue weighted by atomic mass is 19.3. The third kappa shape index (κ3) is 6.60. The molecule has 0 aliphatic carbocycles. The number of hydrogen-bond acceptors (Lipinski definition) is 1. The van der Waals surface area contributed by atoms with Gasteiger partial charge in [0.25, 0.3) is 0 Å². The molecule has 0 spiro atoms. The van der Waals surface area contributed by atoms with Crippen molar-refractivity contribution >= 4 is 0 Å². The molecule has 0 heterocycles. The van der Waals surface area contributed by atoms with Crippen LogP contribution < -0.4 is 4.74 Å².